The Morgan fingerprint density at radius 1 is 1.04 bits per heavy atom. The molecule has 3 aromatic rings. The molecular formula is C22H24N4O. The van der Waals surface area contributed by atoms with Gasteiger partial charge in [-0.15, -0.1) is 10.2 Å². The van der Waals surface area contributed by atoms with E-state index in [9.17, 15) is 4.79 Å². The van der Waals surface area contributed by atoms with Crippen LogP contribution in [0.2, 0.25) is 0 Å². The van der Waals surface area contributed by atoms with Crippen LogP contribution in [0.1, 0.15) is 36.2 Å². The predicted octanol–water partition coefficient (Wildman–Crippen LogP) is 3.71. The van der Waals surface area contributed by atoms with Gasteiger partial charge in [-0.05, 0) is 29.5 Å². The van der Waals surface area contributed by atoms with Gasteiger partial charge in [0.15, 0.2) is 0 Å². The lowest BCUT2D eigenvalue weighted by Crippen LogP contribution is -2.37. The molecule has 1 saturated carbocycles. The lowest BCUT2D eigenvalue weighted by Gasteiger charge is -2.28. The average molecular weight is 360 g/mol. The fourth-order valence-corrected chi connectivity index (χ4v) is 4.21. The normalized spacial score (nSPS) is 20.3. The monoisotopic (exact) mass is 360 g/mol. The fourth-order valence-electron chi connectivity index (χ4n) is 4.21. The number of carbonyl (C=O) groups is 1. The standard InChI is InChI=1S/C22H24N4O/c1-21(2)13-22(21,17-9-5-4-6-10-17)14-25(3)20(27)18-11-7-8-12-19(18)26-15-23-24-16-26/h4-12,15-16H,13-14H2,1-3H3. The Bertz CT molecular complexity index is 949. The number of rotatable bonds is 5. The Balaban J connectivity index is 1.63. The summed E-state index contributed by atoms with van der Waals surface area (Å²) < 4.78 is 1.77. The number of carbonyl (C=O) groups excluding carboxylic acids is 1. The van der Waals surface area contributed by atoms with E-state index in [-0.39, 0.29) is 16.7 Å². The van der Waals surface area contributed by atoms with Crippen LogP contribution >= 0.6 is 0 Å². The average Bonchev–Trinajstić information content (AvgIpc) is 3.04. The fraction of sp³-hybridized carbons (Fsp3) is 0.318. The van der Waals surface area contributed by atoms with Crippen molar-refractivity contribution in [2.45, 2.75) is 25.7 Å². The lowest BCUT2D eigenvalue weighted by atomic mass is 9.87. The SMILES string of the molecule is CN(CC1(c2ccccc2)CC1(C)C)C(=O)c1ccccc1-n1cnnc1. The third-order valence-corrected chi connectivity index (χ3v) is 5.93. The van der Waals surface area contributed by atoms with E-state index in [1.165, 1.54) is 5.56 Å². The van der Waals surface area contributed by atoms with Gasteiger partial charge >= 0.3 is 0 Å². The van der Waals surface area contributed by atoms with Crippen LogP contribution in [-0.2, 0) is 5.41 Å². The van der Waals surface area contributed by atoms with Crippen LogP contribution in [0.25, 0.3) is 5.69 Å². The van der Waals surface area contributed by atoms with Gasteiger partial charge in [-0.1, -0.05) is 56.3 Å². The van der Waals surface area contributed by atoms with E-state index in [0.29, 0.717) is 12.1 Å². The topological polar surface area (TPSA) is 51.0 Å². The molecule has 1 aromatic heterocycles. The molecule has 1 unspecified atom stereocenters. The summed E-state index contributed by atoms with van der Waals surface area (Å²) in [5, 5.41) is 7.72. The smallest absolute Gasteiger partial charge is 0.255 e. The first-order valence-electron chi connectivity index (χ1n) is 9.20. The zero-order valence-corrected chi connectivity index (χ0v) is 16.0. The summed E-state index contributed by atoms with van der Waals surface area (Å²) in [6.07, 6.45) is 4.30. The maximum absolute atomic E-state index is 13.3. The van der Waals surface area contributed by atoms with E-state index in [4.69, 9.17) is 0 Å². The molecule has 0 saturated heterocycles. The van der Waals surface area contributed by atoms with Crippen LogP contribution in [0.3, 0.4) is 0 Å². The Kier molecular flexibility index (Phi) is 4.10. The maximum Gasteiger partial charge on any atom is 0.255 e. The van der Waals surface area contributed by atoms with Crippen molar-refractivity contribution in [3.63, 3.8) is 0 Å². The third kappa shape index (κ3) is 2.93. The van der Waals surface area contributed by atoms with Crippen molar-refractivity contribution >= 4 is 5.91 Å². The quantitative estimate of drug-likeness (QED) is 0.697. The minimum Gasteiger partial charge on any atom is -0.341 e. The van der Waals surface area contributed by atoms with Crippen molar-refractivity contribution in [3.8, 4) is 5.69 Å². The molecule has 27 heavy (non-hydrogen) atoms. The van der Waals surface area contributed by atoms with Crippen molar-refractivity contribution in [1.29, 1.82) is 0 Å². The molecule has 1 aliphatic carbocycles. The molecule has 0 aliphatic heterocycles. The van der Waals surface area contributed by atoms with Crippen LogP contribution in [-0.4, -0.2) is 39.2 Å². The third-order valence-electron chi connectivity index (χ3n) is 5.93. The summed E-state index contributed by atoms with van der Waals surface area (Å²) in [5.74, 6) is 0.0114. The van der Waals surface area contributed by atoms with Gasteiger partial charge in [-0.3, -0.25) is 9.36 Å². The van der Waals surface area contributed by atoms with Crippen molar-refractivity contribution in [3.05, 3.63) is 78.4 Å². The summed E-state index contributed by atoms with van der Waals surface area (Å²) in [7, 11) is 1.89. The molecule has 1 heterocycles. The molecule has 138 valence electrons. The second-order valence-corrected chi connectivity index (χ2v) is 8.06. The molecule has 1 atom stereocenters. The number of benzene rings is 2. The van der Waals surface area contributed by atoms with Gasteiger partial charge in [0.25, 0.3) is 5.91 Å². The highest BCUT2D eigenvalue weighted by atomic mass is 16.2. The van der Waals surface area contributed by atoms with Crippen LogP contribution in [0.4, 0.5) is 0 Å². The largest absolute Gasteiger partial charge is 0.341 e. The van der Waals surface area contributed by atoms with Crippen LogP contribution < -0.4 is 0 Å². The van der Waals surface area contributed by atoms with E-state index in [2.05, 4.69) is 48.3 Å². The van der Waals surface area contributed by atoms with E-state index in [1.807, 2.05) is 42.3 Å². The first-order chi connectivity index (χ1) is 12.9. The number of para-hydroxylation sites is 1. The van der Waals surface area contributed by atoms with Gasteiger partial charge in [0, 0.05) is 19.0 Å². The number of nitrogens with zero attached hydrogens (tertiary/aromatic N) is 4. The highest BCUT2D eigenvalue weighted by Gasteiger charge is 2.62. The van der Waals surface area contributed by atoms with E-state index >= 15 is 0 Å². The van der Waals surface area contributed by atoms with Crippen LogP contribution in [0, 0.1) is 5.41 Å². The van der Waals surface area contributed by atoms with Gasteiger partial charge in [-0.2, -0.15) is 0 Å². The highest BCUT2D eigenvalue weighted by Crippen LogP contribution is 2.64. The Morgan fingerprint density at radius 2 is 1.63 bits per heavy atom. The van der Waals surface area contributed by atoms with E-state index < -0.39 is 0 Å². The van der Waals surface area contributed by atoms with Crippen LogP contribution in [0.15, 0.2) is 67.3 Å². The van der Waals surface area contributed by atoms with Gasteiger partial charge in [-0.25, -0.2) is 0 Å². The summed E-state index contributed by atoms with van der Waals surface area (Å²) in [4.78, 5) is 15.1. The summed E-state index contributed by atoms with van der Waals surface area (Å²) >= 11 is 0. The Hall–Kier alpha value is -2.95. The molecule has 1 amide bonds. The van der Waals surface area contributed by atoms with Gasteiger partial charge in [0.05, 0.1) is 11.3 Å². The molecule has 5 nitrogen and oxygen atoms in total. The highest BCUT2D eigenvalue weighted by molar-refractivity contribution is 5.97. The molecule has 2 aromatic carbocycles. The molecule has 0 bridgehead atoms. The van der Waals surface area contributed by atoms with Crippen molar-refractivity contribution in [1.82, 2.24) is 19.7 Å². The number of hydrogen-bond acceptors (Lipinski definition) is 3. The molecule has 1 aliphatic rings. The zero-order valence-electron chi connectivity index (χ0n) is 16.0. The summed E-state index contributed by atoms with van der Waals surface area (Å²) in [5.41, 5.74) is 2.94. The summed E-state index contributed by atoms with van der Waals surface area (Å²) in [6.45, 7) is 5.26. The van der Waals surface area contributed by atoms with Crippen molar-refractivity contribution < 1.29 is 4.79 Å². The van der Waals surface area contributed by atoms with E-state index in [1.54, 1.807) is 17.2 Å². The number of aromatic nitrogens is 3. The number of amides is 1. The van der Waals surface area contributed by atoms with Gasteiger partial charge < -0.3 is 4.90 Å². The Morgan fingerprint density at radius 3 is 2.26 bits per heavy atom. The number of likely N-dealkylation sites (N-methyl/N-ethyl adjacent to an activating group) is 1. The van der Waals surface area contributed by atoms with Crippen molar-refractivity contribution in [2.75, 3.05) is 13.6 Å². The second kappa shape index (κ2) is 6.34. The zero-order chi connectivity index (χ0) is 19.1. The molecular weight excluding hydrogens is 336 g/mol. The van der Waals surface area contributed by atoms with Crippen molar-refractivity contribution in [2.24, 2.45) is 5.41 Å². The first-order valence-corrected chi connectivity index (χ1v) is 9.20. The van der Waals surface area contributed by atoms with E-state index in [0.717, 1.165) is 12.1 Å². The minimum absolute atomic E-state index is 0.00414. The second-order valence-electron chi connectivity index (χ2n) is 8.06. The molecule has 0 N–H and O–H groups in total. The van der Waals surface area contributed by atoms with Gasteiger partial charge in [0.1, 0.15) is 12.7 Å². The molecule has 4 rings (SSSR count). The maximum atomic E-state index is 13.3. The summed E-state index contributed by atoms with van der Waals surface area (Å²) in [6, 6.07) is 18.1. The first kappa shape index (κ1) is 17.5. The lowest BCUT2D eigenvalue weighted by molar-refractivity contribution is 0.0775. The molecule has 0 radical (unpaired) electrons. The molecule has 1 fully saturated rings. The minimum atomic E-state index is 0.00414. The molecule has 0 spiro atoms. The number of hydrogen-bond donors (Lipinski definition) is 0. The Labute approximate surface area is 159 Å². The molecule has 5 heteroatoms. The van der Waals surface area contributed by atoms with Gasteiger partial charge in [0.2, 0.25) is 0 Å². The predicted molar refractivity (Wildman–Crippen MR) is 105 cm³/mol. The van der Waals surface area contributed by atoms with Crippen LogP contribution in [0.5, 0.6) is 0 Å².